The second-order valence-corrected chi connectivity index (χ2v) is 5.22. The molecule has 0 aliphatic heterocycles. The normalized spacial score (nSPS) is 11.8. The average Bonchev–Trinajstić information content (AvgIpc) is 2.82. The van der Waals surface area contributed by atoms with Crippen LogP contribution in [-0.4, -0.2) is 20.6 Å². The number of benzene rings is 2. The molecule has 24 heavy (non-hydrogen) atoms. The second-order valence-electron chi connectivity index (χ2n) is 5.22. The van der Waals surface area contributed by atoms with Gasteiger partial charge in [0, 0.05) is 0 Å². The monoisotopic (exact) mass is 335 g/mol. The third-order valence-corrected chi connectivity index (χ3v) is 3.68. The van der Waals surface area contributed by atoms with Crippen molar-refractivity contribution in [1.82, 2.24) is 9.55 Å². The zero-order chi connectivity index (χ0) is 17.5. The molecule has 0 saturated heterocycles. The molecule has 3 aromatic rings. The first-order chi connectivity index (χ1) is 11.3. The van der Waals surface area contributed by atoms with Crippen LogP contribution in [0.25, 0.3) is 11.0 Å². The maximum Gasteiger partial charge on any atom is 0.416 e. The zero-order valence-corrected chi connectivity index (χ0v) is 12.2. The third-order valence-electron chi connectivity index (χ3n) is 3.68. The lowest BCUT2D eigenvalue weighted by atomic mass is 10.1. The fourth-order valence-corrected chi connectivity index (χ4v) is 2.55. The van der Waals surface area contributed by atoms with Gasteiger partial charge in [0.25, 0.3) is 0 Å². The van der Waals surface area contributed by atoms with Gasteiger partial charge in [0.05, 0.1) is 28.7 Å². The van der Waals surface area contributed by atoms with Crippen LogP contribution in [0.4, 0.5) is 19.1 Å². The highest BCUT2D eigenvalue weighted by atomic mass is 19.4. The number of rotatable bonds is 3. The van der Waals surface area contributed by atoms with Gasteiger partial charge in [0.2, 0.25) is 5.95 Å². The molecule has 0 bridgehead atoms. The molecule has 8 heteroatoms. The summed E-state index contributed by atoms with van der Waals surface area (Å²) in [7, 11) is 0. The van der Waals surface area contributed by atoms with Gasteiger partial charge < -0.3 is 15.4 Å². The quantitative estimate of drug-likeness (QED) is 0.769. The van der Waals surface area contributed by atoms with E-state index in [1.807, 2.05) is 0 Å². The first-order valence-corrected chi connectivity index (χ1v) is 6.91. The van der Waals surface area contributed by atoms with Crippen LogP contribution in [0, 0.1) is 0 Å². The van der Waals surface area contributed by atoms with Crippen molar-refractivity contribution in [2.45, 2.75) is 12.7 Å². The number of imidazole rings is 1. The van der Waals surface area contributed by atoms with E-state index in [0.717, 1.165) is 6.07 Å². The summed E-state index contributed by atoms with van der Waals surface area (Å²) in [6.07, 6.45) is -4.47. The zero-order valence-electron chi connectivity index (χ0n) is 12.2. The highest BCUT2D eigenvalue weighted by Gasteiger charge is 2.33. The molecular weight excluding hydrogens is 323 g/mol. The predicted molar refractivity (Wildman–Crippen MR) is 81.7 cm³/mol. The number of alkyl halides is 3. The molecule has 124 valence electrons. The molecular formula is C16H12F3N3O2. The number of hydrogen-bond donors (Lipinski definition) is 2. The molecule has 0 aliphatic carbocycles. The van der Waals surface area contributed by atoms with E-state index in [4.69, 9.17) is 10.8 Å². The van der Waals surface area contributed by atoms with Crippen molar-refractivity contribution < 1.29 is 23.1 Å². The van der Waals surface area contributed by atoms with Gasteiger partial charge >= 0.3 is 12.1 Å². The van der Waals surface area contributed by atoms with Crippen molar-refractivity contribution in [3.8, 4) is 0 Å². The van der Waals surface area contributed by atoms with Gasteiger partial charge in [-0.15, -0.1) is 0 Å². The van der Waals surface area contributed by atoms with Crippen LogP contribution in [0.15, 0.2) is 42.5 Å². The van der Waals surface area contributed by atoms with Gasteiger partial charge in [-0.1, -0.05) is 18.2 Å². The second kappa shape index (κ2) is 5.55. The first-order valence-electron chi connectivity index (χ1n) is 6.91. The first kappa shape index (κ1) is 15.9. The van der Waals surface area contributed by atoms with Crippen LogP contribution >= 0.6 is 0 Å². The van der Waals surface area contributed by atoms with E-state index in [2.05, 4.69) is 4.98 Å². The van der Waals surface area contributed by atoms with E-state index in [0.29, 0.717) is 11.0 Å². The van der Waals surface area contributed by atoms with Gasteiger partial charge in [0.15, 0.2) is 0 Å². The Hall–Kier alpha value is -3.03. The fourth-order valence-electron chi connectivity index (χ4n) is 2.55. The molecule has 0 radical (unpaired) electrons. The number of halogens is 3. The van der Waals surface area contributed by atoms with E-state index in [1.165, 1.54) is 41.0 Å². The van der Waals surface area contributed by atoms with E-state index in [9.17, 15) is 18.0 Å². The van der Waals surface area contributed by atoms with Gasteiger partial charge in [-0.05, 0) is 29.8 Å². The molecule has 0 spiro atoms. The Morgan fingerprint density at radius 1 is 1.21 bits per heavy atom. The minimum atomic E-state index is -4.47. The molecule has 0 aliphatic rings. The maximum atomic E-state index is 13.1. The summed E-state index contributed by atoms with van der Waals surface area (Å²) in [6, 6.07) is 9.40. The summed E-state index contributed by atoms with van der Waals surface area (Å²) in [6.45, 7) is -0.121. The molecule has 1 heterocycles. The third kappa shape index (κ3) is 2.78. The van der Waals surface area contributed by atoms with Crippen molar-refractivity contribution in [2.75, 3.05) is 5.73 Å². The largest absolute Gasteiger partial charge is 0.478 e. The molecule has 0 saturated carbocycles. The number of anilines is 1. The molecule has 0 fully saturated rings. The van der Waals surface area contributed by atoms with Crippen LogP contribution in [0.5, 0.6) is 0 Å². The number of nitrogens with two attached hydrogens (primary N) is 1. The number of carbonyl (C=O) groups is 1. The average molecular weight is 335 g/mol. The topological polar surface area (TPSA) is 81.1 Å². The lowest BCUT2D eigenvalue weighted by molar-refractivity contribution is -0.138. The van der Waals surface area contributed by atoms with E-state index < -0.39 is 17.7 Å². The summed E-state index contributed by atoms with van der Waals surface area (Å²) in [5.74, 6) is -1.10. The standard InChI is InChI=1S/C16H12F3N3O2/c17-16(18,19)11-4-2-1-3-10(11)8-22-13-6-5-9(14(23)24)7-12(13)21-15(22)20/h1-7H,8H2,(H2,20,21)(H,23,24). The summed E-state index contributed by atoms with van der Waals surface area (Å²) < 4.78 is 40.8. The Morgan fingerprint density at radius 3 is 2.58 bits per heavy atom. The van der Waals surface area contributed by atoms with Crippen molar-refractivity contribution in [3.63, 3.8) is 0 Å². The Labute approximate surface area is 134 Å². The Morgan fingerprint density at radius 2 is 1.92 bits per heavy atom. The van der Waals surface area contributed by atoms with Gasteiger partial charge in [-0.2, -0.15) is 13.2 Å². The number of nitrogen functional groups attached to an aromatic ring is 1. The number of aromatic nitrogens is 2. The predicted octanol–water partition coefficient (Wildman–Crippen LogP) is 3.38. The Kier molecular flexibility index (Phi) is 3.67. The highest BCUT2D eigenvalue weighted by molar-refractivity contribution is 5.93. The number of nitrogens with zero attached hydrogens (tertiary/aromatic N) is 2. The van der Waals surface area contributed by atoms with Crippen LogP contribution in [0.3, 0.4) is 0 Å². The van der Waals surface area contributed by atoms with E-state index in [1.54, 1.807) is 0 Å². The smallest absolute Gasteiger partial charge is 0.416 e. The summed E-state index contributed by atoms with van der Waals surface area (Å²) in [5, 5.41) is 8.99. The van der Waals surface area contributed by atoms with Crippen LogP contribution < -0.4 is 5.73 Å². The van der Waals surface area contributed by atoms with Gasteiger partial charge in [0.1, 0.15) is 0 Å². The minimum Gasteiger partial charge on any atom is -0.478 e. The lowest BCUT2D eigenvalue weighted by Gasteiger charge is -2.14. The van der Waals surface area contributed by atoms with Crippen molar-refractivity contribution in [3.05, 3.63) is 59.2 Å². The minimum absolute atomic E-state index is 0.0181. The van der Waals surface area contributed by atoms with E-state index >= 15 is 0 Å². The number of fused-ring (bicyclic) bond motifs is 1. The van der Waals surface area contributed by atoms with Gasteiger partial charge in [-0.3, -0.25) is 0 Å². The van der Waals surface area contributed by atoms with Crippen LogP contribution in [-0.2, 0) is 12.7 Å². The fraction of sp³-hybridized carbons (Fsp3) is 0.125. The summed E-state index contributed by atoms with van der Waals surface area (Å²) in [5.41, 5.74) is 5.94. The lowest BCUT2D eigenvalue weighted by Crippen LogP contribution is -2.12. The van der Waals surface area contributed by atoms with Crippen LogP contribution in [0.1, 0.15) is 21.5 Å². The molecule has 3 rings (SSSR count). The maximum absolute atomic E-state index is 13.1. The molecule has 0 atom stereocenters. The number of hydrogen-bond acceptors (Lipinski definition) is 3. The number of carboxylic acids is 1. The van der Waals surface area contributed by atoms with Crippen molar-refractivity contribution in [2.24, 2.45) is 0 Å². The molecule has 0 amide bonds. The molecule has 5 nitrogen and oxygen atoms in total. The van der Waals surface area contributed by atoms with Crippen molar-refractivity contribution in [1.29, 1.82) is 0 Å². The molecule has 1 aromatic heterocycles. The summed E-state index contributed by atoms with van der Waals surface area (Å²) >= 11 is 0. The molecule has 2 aromatic carbocycles. The molecule has 3 N–H and O–H groups in total. The van der Waals surface area contributed by atoms with Crippen LogP contribution in [0.2, 0.25) is 0 Å². The Balaban J connectivity index is 2.09. The SMILES string of the molecule is Nc1nc2cc(C(=O)O)ccc2n1Cc1ccccc1C(F)(F)F. The molecule has 0 unspecified atom stereocenters. The highest BCUT2D eigenvalue weighted by Crippen LogP contribution is 2.33. The number of carboxylic acid groups (broad SMARTS) is 1. The van der Waals surface area contributed by atoms with Gasteiger partial charge in [-0.25, -0.2) is 9.78 Å². The van der Waals surface area contributed by atoms with Crippen molar-refractivity contribution >= 4 is 23.0 Å². The van der Waals surface area contributed by atoms with E-state index in [-0.39, 0.29) is 23.6 Å². The number of aromatic carboxylic acids is 1. The summed E-state index contributed by atoms with van der Waals surface area (Å²) in [4.78, 5) is 15.0. The Bertz CT molecular complexity index is 932.